The number of nitrogens with zero attached hydrogens (tertiary/aromatic N) is 1. The Bertz CT molecular complexity index is 1900. The molecule has 0 aliphatic rings. The number of benzene rings is 5. The van der Waals surface area contributed by atoms with Gasteiger partial charge in [-0.3, -0.25) is 0 Å². The van der Waals surface area contributed by atoms with Gasteiger partial charge < -0.3 is 0 Å². The van der Waals surface area contributed by atoms with Crippen molar-refractivity contribution in [2.45, 2.75) is 19.8 Å². The minimum absolute atomic E-state index is 0.165. The minimum atomic E-state index is -0.657. The zero-order valence-corrected chi connectivity index (χ0v) is 24.6. The molecule has 7 aromatic rings. The van der Waals surface area contributed by atoms with Crippen molar-refractivity contribution in [2.75, 3.05) is 0 Å². The molecule has 188 valence electrons. The van der Waals surface area contributed by atoms with E-state index in [0.717, 1.165) is 5.69 Å². The molecule has 3 heteroatoms. The number of pyridine rings is 1. The number of fused-ring (bicyclic) bond motifs is 4. The van der Waals surface area contributed by atoms with E-state index in [2.05, 4.69) is 135 Å². The maximum atomic E-state index is 5.02. The van der Waals surface area contributed by atoms with Crippen LogP contribution in [0, 0.1) is 0 Å². The molecule has 0 aliphatic carbocycles. The number of aromatic nitrogens is 1. The van der Waals surface area contributed by atoms with Crippen LogP contribution in [-0.2, 0) is 0 Å². The van der Waals surface area contributed by atoms with Crippen molar-refractivity contribution in [1.29, 1.82) is 0 Å². The average molecular weight is 585 g/mol. The van der Waals surface area contributed by atoms with Gasteiger partial charge in [0.05, 0.1) is 0 Å². The first-order chi connectivity index (χ1) is 19.2. The summed E-state index contributed by atoms with van der Waals surface area (Å²) in [5.41, 5.74) is 3.77. The van der Waals surface area contributed by atoms with E-state index in [4.69, 9.17) is 4.98 Å². The topological polar surface area (TPSA) is 12.9 Å². The van der Waals surface area contributed by atoms with Gasteiger partial charge in [-0.15, -0.1) is 0 Å². The Balaban J connectivity index is 1.49. The summed E-state index contributed by atoms with van der Waals surface area (Å²) in [5, 5.41) is 9.64. The maximum absolute atomic E-state index is 5.02. The molecule has 0 radical (unpaired) electrons. The van der Waals surface area contributed by atoms with Crippen molar-refractivity contribution in [2.24, 2.45) is 0 Å². The van der Waals surface area contributed by atoms with Crippen LogP contribution < -0.4 is 15.9 Å². The second-order valence-electron chi connectivity index (χ2n) is 10.2. The molecule has 7 rings (SSSR count). The molecule has 0 unspecified atom stereocenters. The fourth-order valence-corrected chi connectivity index (χ4v) is 11.4. The van der Waals surface area contributed by atoms with Crippen molar-refractivity contribution in [3.63, 3.8) is 0 Å². The van der Waals surface area contributed by atoms with Crippen LogP contribution >= 0.6 is 7.92 Å². The van der Waals surface area contributed by atoms with Crippen molar-refractivity contribution in [1.82, 2.24) is 4.98 Å². The van der Waals surface area contributed by atoms with Crippen molar-refractivity contribution in [3.05, 3.63) is 133 Å². The Hall–Kier alpha value is -3.54. The van der Waals surface area contributed by atoms with Crippen molar-refractivity contribution >= 4 is 68.4 Å². The van der Waals surface area contributed by atoms with Gasteiger partial charge in [-0.25, -0.2) is 0 Å². The Labute approximate surface area is 236 Å². The molecule has 2 aromatic heterocycles. The second kappa shape index (κ2) is 10.2. The molecular formula is C36H28NPSe. The number of hydrogen-bond acceptors (Lipinski definition) is 1. The van der Waals surface area contributed by atoms with E-state index in [1.165, 1.54) is 57.1 Å². The molecule has 0 amide bonds. The first kappa shape index (κ1) is 24.5. The van der Waals surface area contributed by atoms with E-state index in [-0.39, 0.29) is 14.5 Å². The van der Waals surface area contributed by atoms with E-state index in [1.54, 1.807) is 0 Å². The number of rotatable bonds is 5. The van der Waals surface area contributed by atoms with Gasteiger partial charge in [0.25, 0.3) is 0 Å². The zero-order valence-electron chi connectivity index (χ0n) is 22.0. The van der Waals surface area contributed by atoms with E-state index in [9.17, 15) is 0 Å². The third kappa shape index (κ3) is 4.34. The molecule has 0 saturated carbocycles. The van der Waals surface area contributed by atoms with Gasteiger partial charge in [0.1, 0.15) is 0 Å². The predicted octanol–water partition coefficient (Wildman–Crippen LogP) is 8.15. The van der Waals surface area contributed by atoms with Crippen LogP contribution in [0.5, 0.6) is 0 Å². The third-order valence-electron chi connectivity index (χ3n) is 7.45. The zero-order chi connectivity index (χ0) is 26.3. The molecule has 5 aromatic carbocycles. The molecule has 0 atom stereocenters. The summed E-state index contributed by atoms with van der Waals surface area (Å²) in [6.45, 7) is 4.58. The van der Waals surface area contributed by atoms with E-state index in [1.807, 2.05) is 6.20 Å². The number of hydrogen-bond donors (Lipinski definition) is 0. The summed E-state index contributed by atoms with van der Waals surface area (Å²) in [6, 6.07) is 44.8. The van der Waals surface area contributed by atoms with Crippen LogP contribution in [0.1, 0.15) is 25.3 Å². The van der Waals surface area contributed by atoms with Crippen LogP contribution in [0.15, 0.2) is 128 Å². The summed E-state index contributed by atoms with van der Waals surface area (Å²) in [5.74, 6) is 0.446. The fraction of sp³-hybridized carbons (Fsp3) is 0.0833. The molecule has 2 heterocycles. The predicted molar refractivity (Wildman–Crippen MR) is 172 cm³/mol. The summed E-state index contributed by atoms with van der Waals surface area (Å²) in [6.07, 6.45) is 2.01. The van der Waals surface area contributed by atoms with Crippen LogP contribution in [-0.4, -0.2) is 19.5 Å². The fourth-order valence-electron chi connectivity index (χ4n) is 5.63. The average Bonchev–Trinajstić information content (AvgIpc) is 3.37. The van der Waals surface area contributed by atoms with Crippen molar-refractivity contribution in [3.8, 4) is 11.3 Å². The van der Waals surface area contributed by atoms with Crippen LogP contribution in [0.3, 0.4) is 0 Å². The molecule has 0 spiro atoms. The Morgan fingerprint density at radius 1 is 0.615 bits per heavy atom. The summed E-state index contributed by atoms with van der Waals surface area (Å²) < 4.78 is 2.92. The quantitative estimate of drug-likeness (QED) is 0.147. The van der Waals surface area contributed by atoms with Gasteiger partial charge >= 0.3 is 237 Å². The van der Waals surface area contributed by atoms with Crippen LogP contribution in [0.25, 0.3) is 41.3 Å². The van der Waals surface area contributed by atoms with Crippen molar-refractivity contribution < 1.29 is 0 Å². The van der Waals surface area contributed by atoms with Gasteiger partial charge in [0.2, 0.25) is 0 Å². The van der Waals surface area contributed by atoms with Gasteiger partial charge in [0.15, 0.2) is 0 Å². The first-order valence-electron chi connectivity index (χ1n) is 13.4. The SMILES string of the molecule is CC(C)c1cc(-c2nccc3c2[se]c2c(P(c4ccccc4)c4ccccc4)cccc23)cc2ccccc12. The Morgan fingerprint density at radius 3 is 1.97 bits per heavy atom. The van der Waals surface area contributed by atoms with Gasteiger partial charge in [0, 0.05) is 0 Å². The van der Waals surface area contributed by atoms with E-state index >= 15 is 0 Å². The standard InChI is InChI=1S/C36H28NPSe/c1-24(2)32-23-26(22-25-12-9-10-17-29(25)32)34-36-31(20-21-37-34)30-18-11-19-33(35(30)39-36)38(27-13-5-3-6-14-27)28-15-7-4-8-16-28/h3-24H,1-2H3. The van der Waals surface area contributed by atoms with Gasteiger partial charge in [-0.1, -0.05) is 0 Å². The summed E-state index contributed by atoms with van der Waals surface area (Å²) in [7, 11) is -0.657. The molecular weight excluding hydrogens is 556 g/mol. The first-order valence-corrected chi connectivity index (χ1v) is 16.5. The third-order valence-corrected chi connectivity index (χ3v) is 12.9. The molecule has 39 heavy (non-hydrogen) atoms. The Kier molecular flexibility index (Phi) is 6.42. The van der Waals surface area contributed by atoms with Crippen LogP contribution in [0.4, 0.5) is 0 Å². The monoisotopic (exact) mass is 585 g/mol. The molecule has 0 aliphatic heterocycles. The normalized spacial score (nSPS) is 11.8. The Morgan fingerprint density at radius 2 is 1.26 bits per heavy atom. The van der Waals surface area contributed by atoms with Crippen LogP contribution in [0.2, 0.25) is 0 Å². The second-order valence-corrected chi connectivity index (χ2v) is 14.6. The van der Waals surface area contributed by atoms with Gasteiger partial charge in [-0.05, 0) is 0 Å². The molecule has 1 nitrogen and oxygen atoms in total. The molecule has 0 saturated heterocycles. The molecule has 0 bridgehead atoms. The molecule has 0 fully saturated rings. The van der Waals surface area contributed by atoms with Gasteiger partial charge in [-0.2, -0.15) is 0 Å². The van der Waals surface area contributed by atoms with E-state index < -0.39 is 7.92 Å². The van der Waals surface area contributed by atoms with E-state index in [0.29, 0.717) is 5.92 Å². The summed E-state index contributed by atoms with van der Waals surface area (Å²) in [4.78, 5) is 5.02. The summed E-state index contributed by atoms with van der Waals surface area (Å²) >= 11 is 0.165. The molecule has 0 N–H and O–H groups in total.